The maximum absolute atomic E-state index is 12.1. The number of piperidine rings is 1. The van der Waals surface area contributed by atoms with Gasteiger partial charge in [0.2, 0.25) is 0 Å². The Labute approximate surface area is 118 Å². The van der Waals surface area contributed by atoms with Crippen molar-refractivity contribution in [3.8, 4) is 0 Å². The first-order valence-corrected chi connectivity index (χ1v) is 7.04. The number of rotatable bonds is 4. The number of carbonyl (C=O) groups excluding carboxylic acids is 1. The third-order valence-electron chi connectivity index (χ3n) is 3.06. The van der Waals surface area contributed by atoms with Crippen LogP contribution >= 0.6 is 11.6 Å². The van der Waals surface area contributed by atoms with Crippen LogP contribution in [0.1, 0.15) is 36.5 Å². The summed E-state index contributed by atoms with van der Waals surface area (Å²) >= 11 is 6.08. The second-order valence-electron chi connectivity index (χ2n) is 4.57. The van der Waals surface area contributed by atoms with E-state index in [-0.39, 0.29) is 5.91 Å². The number of hydrogen-bond acceptors (Lipinski definition) is 4. The van der Waals surface area contributed by atoms with E-state index in [1.54, 1.807) is 12.3 Å². The molecule has 0 bridgehead atoms. The van der Waals surface area contributed by atoms with Crippen LogP contribution in [0, 0.1) is 0 Å². The first-order valence-electron chi connectivity index (χ1n) is 6.66. The number of pyridine rings is 1. The lowest BCUT2D eigenvalue weighted by molar-refractivity contribution is 0.0749. The van der Waals surface area contributed by atoms with E-state index in [1.807, 2.05) is 11.9 Å². The molecule has 2 N–H and O–H groups in total. The monoisotopic (exact) mass is 282 g/mol. The van der Waals surface area contributed by atoms with Crippen molar-refractivity contribution < 1.29 is 4.79 Å². The molecule has 104 valence electrons. The standard InChI is InChI=1S/C13H19ClN4O/c1-2-15-12-11(14)8-10(9-16-12)13(19)17-18-6-4-3-5-7-18/h8-9H,2-7H2,1H3,(H,15,16)(H,17,19). The topological polar surface area (TPSA) is 57.3 Å². The van der Waals surface area contributed by atoms with Crippen molar-refractivity contribution in [1.29, 1.82) is 0 Å². The van der Waals surface area contributed by atoms with Crippen LogP contribution in [0.25, 0.3) is 0 Å². The summed E-state index contributed by atoms with van der Waals surface area (Å²) in [5.41, 5.74) is 3.37. The zero-order valence-electron chi connectivity index (χ0n) is 11.1. The quantitative estimate of drug-likeness (QED) is 0.890. The van der Waals surface area contributed by atoms with E-state index >= 15 is 0 Å². The molecule has 1 aromatic heterocycles. The Morgan fingerprint density at radius 1 is 1.42 bits per heavy atom. The molecule has 0 spiro atoms. The normalized spacial score (nSPS) is 16.1. The lowest BCUT2D eigenvalue weighted by Gasteiger charge is -2.26. The second-order valence-corrected chi connectivity index (χ2v) is 4.98. The van der Waals surface area contributed by atoms with Crippen molar-refractivity contribution in [2.24, 2.45) is 0 Å². The number of hydrazine groups is 1. The first kappa shape index (κ1) is 14.1. The number of nitrogens with one attached hydrogen (secondary N) is 2. The molecule has 1 saturated heterocycles. The number of nitrogens with zero attached hydrogens (tertiary/aromatic N) is 2. The molecule has 0 radical (unpaired) electrons. The number of aromatic nitrogens is 1. The highest BCUT2D eigenvalue weighted by molar-refractivity contribution is 6.33. The van der Waals surface area contributed by atoms with Gasteiger partial charge in [0, 0.05) is 25.8 Å². The fourth-order valence-electron chi connectivity index (χ4n) is 2.07. The summed E-state index contributed by atoms with van der Waals surface area (Å²) in [7, 11) is 0. The van der Waals surface area contributed by atoms with E-state index in [2.05, 4.69) is 15.7 Å². The molecule has 5 nitrogen and oxygen atoms in total. The molecule has 0 unspecified atom stereocenters. The average Bonchev–Trinajstić information content (AvgIpc) is 2.42. The first-order chi connectivity index (χ1) is 9.20. The fourth-order valence-corrected chi connectivity index (χ4v) is 2.31. The summed E-state index contributed by atoms with van der Waals surface area (Å²) in [6, 6.07) is 1.64. The van der Waals surface area contributed by atoms with Gasteiger partial charge in [-0.3, -0.25) is 10.2 Å². The van der Waals surface area contributed by atoms with Crippen LogP contribution in [-0.2, 0) is 0 Å². The molecule has 19 heavy (non-hydrogen) atoms. The maximum atomic E-state index is 12.1. The molecule has 1 amide bonds. The molecule has 1 fully saturated rings. The van der Waals surface area contributed by atoms with Gasteiger partial charge < -0.3 is 5.32 Å². The Morgan fingerprint density at radius 2 is 2.16 bits per heavy atom. The Hall–Kier alpha value is -1.33. The Kier molecular flexibility index (Phi) is 4.99. The van der Waals surface area contributed by atoms with Gasteiger partial charge in [-0.2, -0.15) is 0 Å². The predicted octanol–water partition coefficient (Wildman–Crippen LogP) is 2.30. The van der Waals surface area contributed by atoms with Gasteiger partial charge in [0.15, 0.2) is 0 Å². The van der Waals surface area contributed by atoms with Gasteiger partial charge in [0.25, 0.3) is 5.91 Å². The molecule has 1 aliphatic rings. The molecule has 0 atom stereocenters. The van der Waals surface area contributed by atoms with Crippen LogP contribution in [-0.4, -0.2) is 35.5 Å². The zero-order chi connectivity index (χ0) is 13.7. The summed E-state index contributed by atoms with van der Waals surface area (Å²) < 4.78 is 0. The van der Waals surface area contributed by atoms with E-state index in [0.29, 0.717) is 16.4 Å². The molecule has 0 saturated carbocycles. The van der Waals surface area contributed by atoms with Gasteiger partial charge in [-0.1, -0.05) is 18.0 Å². The summed E-state index contributed by atoms with van der Waals surface area (Å²) in [5.74, 6) is 0.457. The molecule has 6 heteroatoms. The number of anilines is 1. The highest BCUT2D eigenvalue weighted by atomic mass is 35.5. The largest absolute Gasteiger partial charge is 0.369 e. The Balaban J connectivity index is 2.00. The van der Waals surface area contributed by atoms with Gasteiger partial charge in [-0.05, 0) is 25.8 Å². The lowest BCUT2D eigenvalue weighted by atomic mass is 10.2. The fraction of sp³-hybridized carbons (Fsp3) is 0.538. The average molecular weight is 283 g/mol. The van der Waals surface area contributed by atoms with Crippen LogP contribution in [0.3, 0.4) is 0 Å². The van der Waals surface area contributed by atoms with Crippen LogP contribution in [0.5, 0.6) is 0 Å². The molecular formula is C13H19ClN4O. The van der Waals surface area contributed by atoms with Gasteiger partial charge in [0.05, 0.1) is 10.6 Å². The molecule has 2 heterocycles. The highest BCUT2D eigenvalue weighted by Gasteiger charge is 2.15. The van der Waals surface area contributed by atoms with E-state index in [1.165, 1.54) is 6.42 Å². The highest BCUT2D eigenvalue weighted by Crippen LogP contribution is 2.20. The van der Waals surface area contributed by atoms with Gasteiger partial charge in [0.1, 0.15) is 5.82 Å². The third-order valence-corrected chi connectivity index (χ3v) is 3.35. The zero-order valence-corrected chi connectivity index (χ0v) is 11.8. The maximum Gasteiger partial charge on any atom is 0.267 e. The van der Waals surface area contributed by atoms with E-state index in [4.69, 9.17) is 11.6 Å². The minimum Gasteiger partial charge on any atom is -0.369 e. The molecule has 0 aliphatic carbocycles. The van der Waals surface area contributed by atoms with Crippen molar-refractivity contribution in [3.05, 3.63) is 22.8 Å². The van der Waals surface area contributed by atoms with Crippen LogP contribution in [0.15, 0.2) is 12.3 Å². The van der Waals surface area contributed by atoms with E-state index in [0.717, 1.165) is 32.5 Å². The van der Waals surface area contributed by atoms with Gasteiger partial charge >= 0.3 is 0 Å². The van der Waals surface area contributed by atoms with Crippen LogP contribution in [0.4, 0.5) is 5.82 Å². The Morgan fingerprint density at radius 3 is 2.79 bits per heavy atom. The molecule has 1 aromatic rings. The SMILES string of the molecule is CCNc1ncc(C(=O)NN2CCCCC2)cc1Cl. The second kappa shape index (κ2) is 6.73. The van der Waals surface area contributed by atoms with Crippen molar-refractivity contribution in [1.82, 2.24) is 15.4 Å². The summed E-state index contributed by atoms with van der Waals surface area (Å²) in [4.78, 5) is 16.2. The minimum absolute atomic E-state index is 0.153. The van der Waals surface area contributed by atoms with E-state index in [9.17, 15) is 4.79 Å². The van der Waals surface area contributed by atoms with Crippen molar-refractivity contribution in [3.63, 3.8) is 0 Å². The van der Waals surface area contributed by atoms with E-state index < -0.39 is 0 Å². The number of amides is 1. The predicted molar refractivity (Wildman–Crippen MR) is 76.3 cm³/mol. The van der Waals surface area contributed by atoms with Crippen molar-refractivity contribution in [2.75, 3.05) is 25.0 Å². The lowest BCUT2D eigenvalue weighted by Crippen LogP contribution is -2.45. The molecule has 2 rings (SSSR count). The van der Waals surface area contributed by atoms with Crippen molar-refractivity contribution in [2.45, 2.75) is 26.2 Å². The van der Waals surface area contributed by atoms with Crippen molar-refractivity contribution >= 4 is 23.3 Å². The summed E-state index contributed by atoms with van der Waals surface area (Å²) in [6.45, 7) is 4.52. The number of halogens is 1. The van der Waals surface area contributed by atoms with Gasteiger partial charge in [-0.15, -0.1) is 0 Å². The smallest absolute Gasteiger partial charge is 0.267 e. The number of hydrogen-bond donors (Lipinski definition) is 2. The third kappa shape index (κ3) is 3.81. The summed E-state index contributed by atoms with van der Waals surface area (Å²) in [6.07, 6.45) is 5.03. The Bertz CT molecular complexity index is 446. The van der Waals surface area contributed by atoms with Crippen LogP contribution in [0.2, 0.25) is 5.02 Å². The van der Waals surface area contributed by atoms with Crippen LogP contribution < -0.4 is 10.7 Å². The van der Waals surface area contributed by atoms with Gasteiger partial charge in [-0.25, -0.2) is 9.99 Å². The minimum atomic E-state index is -0.153. The summed E-state index contributed by atoms with van der Waals surface area (Å²) in [5, 5.41) is 5.46. The number of carbonyl (C=O) groups is 1. The molecular weight excluding hydrogens is 264 g/mol. The molecule has 0 aromatic carbocycles. The molecule has 1 aliphatic heterocycles.